The highest BCUT2D eigenvalue weighted by Crippen LogP contribution is 2.35. The lowest BCUT2D eigenvalue weighted by Crippen LogP contribution is -2.28. The van der Waals surface area contributed by atoms with E-state index in [1.165, 1.54) is 0 Å². The largest absolute Gasteiger partial charge is 0.292 e. The number of carbonyl (C=O) groups is 1. The van der Waals surface area contributed by atoms with E-state index < -0.39 is 16.2 Å². The Morgan fingerprint density at radius 2 is 1.85 bits per heavy atom. The Bertz CT molecular complexity index is 675. The fourth-order valence-electron chi connectivity index (χ4n) is 2.35. The van der Waals surface area contributed by atoms with Crippen molar-refractivity contribution in [1.29, 1.82) is 0 Å². The minimum absolute atomic E-state index is 0.0755. The first-order chi connectivity index (χ1) is 9.66. The second kappa shape index (κ2) is 5.50. The van der Waals surface area contributed by atoms with E-state index in [4.69, 9.17) is 0 Å². The maximum atomic E-state index is 12.3. The molecule has 2 aromatic carbocycles. The van der Waals surface area contributed by atoms with Gasteiger partial charge in [0.25, 0.3) is 0 Å². The average Bonchev–Trinajstić information content (AvgIpc) is 2.74. The van der Waals surface area contributed by atoms with Gasteiger partial charge in [0.1, 0.15) is 11.1 Å². The molecule has 0 saturated carbocycles. The van der Waals surface area contributed by atoms with E-state index in [1.54, 1.807) is 4.90 Å². The van der Waals surface area contributed by atoms with Crippen LogP contribution < -0.4 is 4.90 Å². The molecule has 0 spiro atoms. The summed E-state index contributed by atoms with van der Waals surface area (Å²) in [6.07, 6.45) is 0. The van der Waals surface area contributed by atoms with Gasteiger partial charge >= 0.3 is 0 Å². The predicted molar refractivity (Wildman–Crippen MR) is 83.8 cm³/mol. The summed E-state index contributed by atoms with van der Waals surface area (Å²) >= 11 is 3.42. The van der Waals surface area contributed by atoms with Gasteiger partial charge in [0.05, 0.1) is 10.8 Å². The highest BCUT2D eigenvalue weighted by molar-refractivity contribution is 9.10. The van der Waals surface area contributed by atoms with Crippen molar-refractivity contribution in [2.45, 2.75) is 5.37 Å². The number of hydrogen-bond acceptors (Lipinski definition) is 2. The van der Waals surface area contributed by atoms with Crippen molar-refractivity contribution in [2.75, 3.05) is 10.7 Å². The Labute approximate surface area is 128 Å². The highest BCUT2D eigenvalue weighted by Gasteiger charge is 2.39. The Morgan fingerprint density at radius 1 is 1.10 bits per heavy atom. The zero-order valence-electron chi connectivity index (χ0n) is 10.5. The van der Waals surface area contributed by atoms with Crippen molar-refractivity contribution >= 4 is 38.3 Å². The molecular weight excluding hydrogens is 338 g/mol. The van der Waals surface area contributed by atoms with Crippen LogP contribution in [0.3, 0.4) is 0 Å². The third-order valence-electron chi connectivity index (χ3n) is 3.19. The van der Waals surface area contributed by atoms with Crippen molar-refractivity contribution < 1.29 is 9.00 Å². The lowest BCUT2D eigenvalue weighted by atomic mass is 10.2. The van der Waals surface area contributed by atoms with Crippen LogP contribution in [-0.4, -0.2) is 15.9 Å². The molecule has 0 bridgehead atoms. The third-order valence-corrected chi connectivity index (χ3v) is 5.19. The molecule has 1 saturated heterocycles. The van der Waals surface area contributed by atoms with E-state index >= 15 is 0 Å². The van der Waals surface area contributed by atoms with E-state index in [9.17, 15) is 9.00 Å². The van der Waals surface area contributed by atoms with Gasteiger partial charge in [-0.3, -0.25) is 13.9 Å². The van der Waals surface area contributed by atoms with Gasteiger partial charge in [0.15, 0.2) is 0 Å². The van der Waals surface area contributed by atoms with E-state index in [1.807, 2.05) is 54.6 Å². The molecule has 102 valence electrons. The van der Waals surface area contributed by atoms with Crippen molar-refractivity contribution in [3.63, 3.8) is 0 Å². The van der Waals surface area contributed by atoms with Crippen LogP contribution in [0.25, 0.3) is 0 Å². The van der Waals surface area contributed by atoms with Gasteiger partial charge in [-0.15, -0.1) is 0 Å². The first-order valence-electron chi connectivity index (χ1n) is 6.16. The summed E-state index contributed by atoms with van der Waals surface area (Å²) in [5.41, 5.74) is 1.67. The maximum absolute atomic E-state index is 12.3. The molecule has 2 aromatic rings. The first-order valence-corrected chi connectivity index (χ1v) is 8.34. The zero-order chi connectivity index (χ0) is 14.1. The maximum Gasteiger partial charge on any atom is 0.241 e. The molecule has 2 atom stereocenters. The van der Waals surface area contributed by atoms with E-state index in [0.29, 0.717) is 0 Å². The second-order valence-corrected chi connectivity index (χ2v) is 6.94. The molecule has 1 amide bonds. The van der Waals surface area contributed by atoms with Crippen LogP contribution in [0.1, 0.15) is 10.9 Å². The lowest BCUT2D eigenvalue weighted by molar-refractivity contribution is -0.115. The molecule has 0 aromatic heterocycles. The number of para-hydroxylation sites is 1. The third kappa shape index (κ3) is 2.43. The summed E-state index contributed by atoms with van der Waals surface area (Å²) < 4.78 is 13.2. The van der Waals surface area contributed by atoms with Crippen LogP contribution in [-0.2, 0) is 15.6 Å². The predicted octanol–water partition coefficient (Wildman–Crippen LogP) is 3.24. The number of carbonyl (C=O) groups excluding carboxylic acids is 1. The molecular formula is C15H12BrNO2S. The Hall–Kier alpha value is -1.46. The monoisotopic (exact) mass is 349 g/mol. The second-order valence-electron chi connectivity index (χ2n) is 4.53. The van der Waals surface area contributed by atoms with Crippen LogP contribution in [0.2, 0.25) is 0 Å². The fraction of sp³-hybridized carbons (Fsp3) is 0.133. The quantitative estimate of drug-likeness (QED) is 0.834. The smallest absolute Gasteiger partial charge is 0.241 e. The normalized spacial score (nSPS) is 22.2. The molecule has 20 heavy (non-hydrogen) atoms. The van der Waals surface area contributed by atoms with Crippen molar-refractivity contribution in [1.82, 2.24) is 0 Å². The summed E-state index contributed by atoms with van der Waals surface area (Å²) in [6, 6.07) is 17.0. The fourth-order valence-corrected chi connectivity index (χ4v) is 4.23. The van der Waals surface area contributed by atoms with Gasteiger partial charge in [-0.1, -0.05) is 46.3 Å². The van der Waals surface area contributed by atoms with Crippen molar-refractivity contribution in [3.05, 3.63) is 64.6 Å². The van der Waals surface area contributed by atoms with Gasteiger partial charge in [-0.25, -0.2) is 0 Å². The average molecular weight is 350 g/mol. The molecule has 0 aliphatic carbocycles. The molecule has 5 heteroatoms. The van der Waals surface area contributed by atoms with Gasteiger partial charge in [0, 0.05) is 10.2 Å². The lowest BCUT2D eigenvalue weighted by Gasteiger charge is -2.24. The molecule has 1 aliphatic rings. The van der Waals surface area contributed by atoms with E-state index in [-0.39, 0.29) is 11.7 Å². The van der Waals surface area contributed by atoms with Crippen LogP contribution in [0.5, 0.6) is 0 Å². The molecule has 1 heterocycles. The van der Waals surface area contributed by atoms with Crippen molar-refractivity contribution in [3.8, 4) is 0 Å². The topological polar surface area (TPSA) is 37.4 Å². The number of amides is 1. The van der Waals surface area contributed by atoms with Crippen LogP contribution in [0, 0.1) is 0 Å². The van der Waals surface area contributed by atoms with Gasteiger partial charge in [-0.05, 0) is 29.8 Å². The Morgan fingerprint density at radius 3 is 2.55 bits per heavy atom. The summed E-state index contributed by atoms with van der Waals surface area (Å²) in [5.74, 6) is -0.0222. The number of rotatable bonds is 2. The molecule has 1 fully saturated rings. The zero-order valence-corrected chi connectivity index (χ0v) is 12.9. The molecule has 3 nitrogen and oxygen atoms in total. The molecule has 3 rings (SSSR count). The number of hydrogen-bond donors (Lipinski definition) is 0. The molecule has 0 radical (unpaired) electrons. The van der Waals surface area contributed by atoms with Crippen molar-refractivity contribution in [2.24, 2.45) is 0 Å². The van der Waals surface area contributed by atoms with Crippen LogP contribution >= 0.6 is 15.9 Å². The summed E-state index contributed by atoms with van der Waals surface area (Å²) in [6.45, 7) is 0. The van der Waals surface area contributed by atoms with Crippen LogP contribution in [0.4, 0.5) is 5.69 Å². The number of benzene rings is 2. The molecule has 0 N–H and O–H groups in total. The summed E-state index contributed by atoms with van der Waals surface area (Å²) in [4.78, 5) is 13.8. The summed E-state index contributed by atoms with van der Waals surface area (Å²) in [5, 5.41) is -0.414. The van der Waals surface area contributed by atoms with Gasteiger partial charge in [-0.2, -0.15) is 0 Å². The minimum atomic E-state index is -1.22. The summed E-state index contributed by atoms with van der Waals surface area (Å²) in [7, 11) is -1.22. The number of nitrogens with zero attached hydrogens (tertiary/aromatic N) is 1. The molecule has 2 unspecified atom stereocenters. The standard InChI is InChI=1S/C15H12BrNO2S/c16-12-6-4-5-11(9-12)15-17(14(18)10-20(15)19)13-7-2-1-3-8-13/h1-9,15H,10H2. The first kappa shape index (κ1) is 13.5. The molecule has 1 aliphatic heterocycles. The van der Waals surface area contributed by atoms with E-state index in [2.05, 4.69) is 15.9 Å². The highest BCUT2D eigenvalue weighted by atomic mass is 79.9. The SMILES string of the molecule is O=C1CS(=O)C(c2cccc(Br)c2)N1c1ccccc1. The van der Waals surface area contributed by atoms with E-state index in [0.717, 1.165) is 15.7 Å². The Kier molecular flexibility index (Phi) is 3.72. The Balaban J connectivity index is 2.07. The van der Waals surface area contributed by atoms with Gasteiger partial charge < -0.3 is 0 Å². The number of halogens is 1. The minimum Gasteiger partial charge on any atom is -0.292 e. The number of anilines is 1. The van der Waals surface area contributed by atoms with Gasteiger partial charge in [0.2, 0.25) is 5.91 Å². The van der Waals surface area contributed by atoms with Crippen LogP contribution in [0.15, 0.2) is 59.1 Å².